The van der Waals surface area contributed by atoms with Crippen LogP contribution in [0, 0.1) is 6.92 Å². The van der Waals surface area contributed by atoms with Gasteiger partial charge in [0.25, 0.3) is 0 Å². The van der Waals surface area contributed by atoms with Crippen LogP contribution in [0.2, 0.25) is 0 Å². The number of rotatable bonds is 1. The van der Waals surface area contributed by atoms with Gasteiger partial charge < -0.3 is 0 Å². The first kappa shape index (κ1) is 7.26. The summed E-state index contributed by atoms with van der Waals surface area (Å²) in [6.45, 7) is 2.87. The van der Waals surface area contributed by atoms with E-state index in [1.165, 1.54) is 0 Å². The molecule has 2 nitrogen and oxygen atoms in total. The summed E-state index contributed by atoms with van der Waals surface area (Å²) >= 11 is 0. The van der Waals surface area contributed by atoms with Gasteiger partial charge >= 0.3 is 6.36 Å². The van der Waals surface area contributed by atoms with Crippen LogP contribution in [0.15, 0.2) is 5.16 Å². The zero-order chi connectivity index (χ0) is 6.62. The molecule has 5 heteroatoms. The van der Waals surface area contributed by atoms with E-state index >= 15 is 0 Å². The number of oxime groups is 1. The van der Waals surface area contributed by atoms with E-state index < -0.39 is 6.36 Å². The summed E-state index contributed by atoms with van der Waals surface area (Å²) in [6.07, 6.45) is -4.03. The molecule has 0 aromatic heterocycles. The van der Waals surface area contributed by atoms with E-state index in [0.717, 1.165) is 0 Å². The van der Waals surface area contributed by atoms with E-state index in [1.807, 2.05) is 0 Å². The van der Waals surface area contributed by atoms with Crippen molar-refractivity contribution in [1.82, 2.24) is 0 Å². The second-order valence-corrected chi connectivity index (χ2v) is 0.825. The zero-order valence-corrected chi connectivity index (χ0v) is 3.77. The molecular formula is C3H3F3NO. The van der Waals surface area contributed by atoms with Gasteiger partial charge in [0.1, 0.15) is 0 Å². The largest absolute Gasteiger partial charge is 0.593 e. The standard InChI is InChI=1S/C3H3F3NO/c1-2-7-8-3(4,5)6/h2H,1H2. The average molecular weight is 126 g/mol. The van der Waals surface area contributed by atoms with Gasteiger partial charge in [-0.25, -0.2) is 0 Å². The molecule has 0 heterocycles. The van der Waals surface area contributed by atoms with Crippen LogP contribution in [0.25, 0.3) is 0 Å². The minimum Gasteiger partial charge on any atom is -0.294 e. The summed E-state index contributed by atoms with van der Waals surface area (Å²) in [5.41, 5.74) is 0. The molecule has 0 N–H and O–H groups in total. The number of halogens is 3. The molecule has 0 fully saturated rings. The predicted octanol–water partition coefficient (Wildman–Crippen LogP) is 1.34. The quantitative estimate of drug-likeness (QED) is 0.383. The van der Waals surface area contributed by atoms with Gasteiger partial charge in [0, 0.05) is 6.21 Å². The Morgan fingerprint density at radius 2 is 2.00 bits per heavy atom. The van der Waals surface area contributed by atoms with Crippen molar-refractivity contribution in [1.29, 1.82) is 0 Å². The summed E-state index contributed by atoms with van der Waals surface area (Å²) in [5.74, 6) is 0. The molecular weight excluding hydrogens is 123 g/mol. The minimum atomic E-state index is -4.69. The predicted molar refractivity (Wildman–Crippen MR) is 21.0 cm³/mol. The van der Waals surface area contributed by atoms with Gasteiger partial charge in [-0.15, -0.1) is 13.2 Å². The van der Waals surface area contributed by atoms with Crippen molar-refractivity contribution in [2.45, 2.75) is 6.36 Å². The Hall–Kier alpha value is -0.740. The van der Waals surface area contributed by atoms with E-state index in [2.05, 4.69) is 16.9 Å². The summed E-state index contributed by atoms with van der Waals surface area (Å²) in [4.78, 5) is 2.89. The van der Waals surface area contributed by atoms with Gasteiger partial charge in [0.15, 0.2) is 0 Å². The van der Waals surface area contributed by atoms with Crippen LogP contribution in [0.4, 0.5) is 13.2 Å². The molecule has 0 aliphatic heterocycles. The van der Waals surface area contributed by atoms with Crippen LogP contribution in [0.1, 0.15) is 0 Å². The molecule has 0 aliphatic carbocycles. The van der Waals surface area contributed by atoms with Gasteiger partial charge in [-0.05, 0) is 6.92 Å². The van der Waals surface area contributed by atoms with Crippen LogP contribution in [0.5, 0.6) is 0 Å². The molecule has 0 saturated carbocycles. The highest BCUT2D eigenvalue weighted by Gasteiger charge is 2.30. The molecule has 0 aliphatic rings. The molecule has 0 unspecified atom stereocenters. The Labute approximate surface area is 43.9 Å². The third-order valence-corrected chi connectivity index (χ3v) is 0.231. The molecule has 0 rings (SSSR count). The Kier molecular flexibility index (Phi) is 2.30. The van der Waals surface area contributed by atoms with E-state index in [-0.39, 0.29) is 0 Å². The first-order chi connectivity index (χ1) is 3.56. The van der Waals surface area contributed by atoms with Gasteiger partial charge in [0.05, 0.1) is 0 Å². The van der Waals surface area contributed by atoms with Crippen molar-refractivity contribution >= 4 is 6.21 Å². The molecule has 0 aromatic rings. The van der Waals surface area contributed by atoms with Crippen LogP contribution < -0.4 is 0 Å². The lowest BCUT2D eigenvalue weighted by Gasteiger charge is -1.98. The van der Waals surface area contributed by atoms with Crippen molar-refractivity contribution in [2.75, 3.05) is 0 Å². The molecule has 8 heavy (non-hydrogen) atoms. The number of hydrogen-bond acceptors (Lipinski definition) is 2. The highest BCUT2D eigenvalue weighted by molar-refractivity contribution is 5.60. The molecule has 1 radical (unpaired) electrons. The van der Waals surface area contributed by atoms with E-state index in [4.69, 9.17) is 0 Å². The fraction of sp³-hybridized carbons (Fsp3) is 0.333. The van der Waals surface area contributed by atoms with Crippen LogP contribution in [-0.2, 0) is 4.84 Å². The molecule has 47 valence electrons. The van der Waals surface area contributed by atoms with Crippen molar-refractivity contribution in [3.8, 4) is 0 Å². The SMILES string of the molecule is [CH2]C=NOC(F)(F)F. The van der Waals surface area contributed by atoms with E-state index in [1.54, 1.807) is 0 Å². The van der Waals surface area contributed by atoms with Crippen molar-refractivity contribution in [2.24, 2.45) is 5.16 Å². The highest BCUT2D eigenvalue weighted by atomic mass is 19.4. The van der Waals surface area contributed by atoms with Crippen molar-refractivity contribution in [3.05, 3.63) is 6.92 Å². The normalized spacial score (nSPS) is 12.5. The maximum Gasteiger partial charge on any atom is 0.593 e. The highest BCUT2D eigenvalue weighted by Crippen LogP contribution is 2.15. The zero-order valence-electron chi connectivity index (χ0n) is 3.77. The lowest BCUT2D eigenvalue weighted by atomic mass is 10.9. The molecule has 0 amide bonds. The van der Waals surface area contributed by atoms with Gasteiger partial charge in [0.2, 0.25) is 0 Å². The summed E-state index contributed by atoms with van der Waals surface area (Å²) in [5, 5.41) is 2.38. The molecule has 0 saturated heterocycles. The monoisotopic (exact) mass is 126 g/mol. The molecule has 0 bridgehead atoms. The number of alkyl halides is 3. The number of nitrogens with zero attached hydrogens (tertiary/aromatic N) is 1. The lowest BCUT2D eigenvalue weighted by molar-refractivity contribution is -0.325. The molecule has 0 spiro atoms. The lowest BCUT2D eigenvalue weighted by Crippen LogP contribution is -2.08. The van der Waals surface area contributed by atoms with Crippen LogP contribution in [-0.4, -0.2) is 12.6 Å². The first-order valence-corrected chi connectivity index (χ1v) is 1.62. The maximum absolute atomic E-state index is 10.9. The summed E-state index contributed by atoms with van der Waals surface area (Å²) in [6, 6.07) is 0. The van der Waals surface area contributed by atoms with Crippen LogP contribution in [0.3, 0.4) is 0 Å². The third kappa shape index (κ3) is 5.26. The smallest absolute Gasteiger partial charge is 0.294 e. The van der Waals surface area contributed by atoms with Gasteiger partial charge in [-0.1, -0.05) is 5.16 Å². The van der Waals surface area contributed by atoms with E-state index in [9.17, 15) is 13.2 Å². The Bertz CT molecular complexity index is 87.0. The molecule has 0 aromatic carbocycles. The second kappa shape index (κ2) is 2.54. The van der Waals surface area contributed by atoms with Gasteiger partial charge in [-0.3, -0.25) is 4.84 Å². The Morgan fingerprint density at radius 3 is 2.12 bits per heavy atom. The Morgan fingerprint density at radius 1 is 1.50 bits per heavy atom. The average Bonchev–Trinajstić information content (AvgIpc) is 1.59. The van der Waals surface area contributed by atoms with Crippen molar-refractivity contribution in [3.63, 3.8) is 0 Å². The molecule has 0 atom stereocenters. The Balaban J connectivity index is 3.39. The summed E-state index contributed by atoms with van der Waals surface area (Å²) < 4.78 is 32.6. The van der Waals surface area contributed by atoms with Crippen molar-refractivity contribution < 1.29 is 18.0 Å². The maximum atomic E-state index is 10.9. The van der Waals surface area contributed by atoms with Crippen LogP contribution >= 0.6 is 0 Å². The number of hydrogen-bond donors (Lipinski definition) is 0. The summed E-state index contributed by atoms with van der Waals surface area (Å²) in [7, 11) is 0. The second-order valence-electron chi connectivity index (χ2n) is 0.825. The fourth-order valence-corrected chi connectivity index (χ4v) is 0.0970. The third-order valence-electron chi connectivity index (χ3n) is 0.231. The first-order valence-electron chi connectivity index (χ1n) is 1.62. The minimum absolute atomic E-state index is 0.660. The van der Waals surface area contributed by atoms with Gasteiger partial charge in [-0.2, -0.15) is 0 Å². The van der Waals surface area contributed by atoms with E-state index in [0.29, 0.717) is 6.21 Å². The fourth-order valence-electron chi connectivity index (χ4n) is 0.0970. The topological polar surface area (TPSA) is 21.6 Å².